The fourth-order valence-electron chi connectivity index (χ4n) is 0.969. The number of methoxy groups -OCH3 is 1. The van der Waals surface area contributed by atoms with Crippen LogP contribution in [0.15, 0.2) is 24.3 Å². The molecule has 0 aliphatic rings. The van der Waals surface area contributed by atoms with E-state index < -0.39 is 12.8 Å². The SMILES string of the molecule is COc1ccccc1OC[C@H](O)CF. The lowest BCUT2D eigenvalue weighted by atomic mass is 10.3. The Kier molecular flexibility index (Phi) is 4.19. The van der Waals surface area contributed by atoms with Crippen LogP contribution in [0.4, 0.5) is 4.39 Å². The number of hydrogen-bond acceptors (Lipinski definition) is 3. The van der Waals surface area contributed by atoms with Crippen LogP contribution >= 0.6 is 0 Å². The summed E-state index contributed by atoms with van der Waals surface area (Å²) in [4.78, 5) is 0. The third-order valence-electron chi connectivity index (χ3n) is 1.68. The van der Waals surface area contributed by atoms with Crippen LogP contribution in [-0.4, -0.2) is 31.6 Å². The summed E-state index contributed by atoms with van der Waals surface area (Å²) in [5, 5.41) is 8.94. The minimum Gasteiger partial charge on any atom is -0.493 e. The Bertz CT molecular complexity index is 278. The summed E-state index contributed by atoms with van der Waals surface area (Å²) < 4.78 is 22.1. The molecule has 0 saturated carbocycles. The summed E-state index contributed by atoms with van der Waals surface area (Å²) in [5.74, 6) is 1.07. The summed E-state index contributed by atoms with van der Waals surface area (Å²) in [7, 11) is 1.52. The molecule has 0 aromatic heterocycles. The zero-order valence-electron chi connectivity index (χ0n) is 7.94. The maximum absolute atomic E-state index is 11.9. The van der Waals surface area contributed by atoms with Crippen molar-refractivity contribution in [2.24, 2.45) is 0 Å². The number of benzene rings is 1. The smallest absolute Gasteiger partial charge is 0.161 e. The van der Waals surface area contributed by atoms with Gasteiger partial charge < -0.3 is 14.6 Å². The van der Waals surface area contributed by atoms with Crippen molar-refractivity contribution in [3.63, 3.8) is 0 Å². The van der Waals surface area contributed by atoms with Gasteiger partial charge in [-0.25, -0.2) is 4.39 Å². The van der Waals surface area contributed by atoms with Gasteiger partial charge in [0, 0.05) is 0 Å². The topological polar surface area (TPSA) is 38.7 Å². The van der Waals surface area contributed by atoms with Crippen molar-refractivity contribution in [1.29, 1.82) is 0 Å². The summed E-state index contributed by atoms with van der Waals surface area (Å²) >= 11 is 0. The predicted octanol–water partition coefficient (Wildman–Crippen LogP) is 1.40. The van der Waals surface area contributed by atoms with E-state index in [1.165, 1.54) is 7.11 Å². The molecule has 0 aliphatic heterocycles. The number of ether oxygens (including phenoxy) is 2. The maximum atomic E-state index is 11.9. The predicted molar refractivity (Wildman–Crippen MR) is 50.5 cm³/mol. The molecule has 1 aromatic carbocycles. The van der Waals surface area contributed by atoms with Gasteiger partial charge in [0.2, 0.25) is 0 Å². The van der Waals surface area contributed by atoms with Crippen LogP contribution in [0.25, 0.3) is 0 Å². The van der Waals surface area contributed by atoms with Gasteiger partial charge in [-0.05, 0) is 12.1 Å². The molecule has 0 amide bonds. The first-order valence-electron chi connectivity index (χ1n) is 4.27. The van der Waals surface area contributed by atoms with Gasteiger partial charge in [-0.15, -0.1) is 0 Å². The van der Waals surface area contributed by atoms with Gasteiger partial charge in [0.1, 0.15) is 19.4 Å². The maximum Gasteiger partial charge on any atom is 0.161 e. The highest BCUT2D eigenvalue weighted by Crippen LogP contribution is 2.25. The third-order valence-corrected chi connectivity index (χ3v) is 1.68. The second-order valence-electron chi connectivity index (χ2n) is 2.77. The highest BCUT2D eigenvalue weighted by Gasteiger charge is 2.06. The molecule has 1 aromatic rings. The molecule has 3 nitrogen and oxygen atoms in total. The van der Waals surface area contributed by atoms with E-state index in [0.29, 0.717) is 11.5 Å². The first-order chi connectivity index (χ1) is 6.77. The molecule has 78 valence electrons. The van der Waals surface area contributed by atoms with Crippen LogP contribution in [0.1, 0.15) is 0 Å². The van der Waals surface area contributed by atoms with Gasteiger partial charge in [0.25, 0.3) is 0 Å². The van der Waals surface area contributed by atoms with Gasteiger partial charge in [0.05, 0.1) is 7.11 Å². The monoisotopic (exact) mass is 200 g/mol. The third kappa shape index (κ3) is 2.88. The van der Waals surface area contributed by atoms with Gasteiger partial charge >= 0.3 is 0 Å². The number of aliphatic hydroxyl groups excluding tert-OH is 1. The molecule has 0 radical (unpaired) electrons. The second-order valence-corrected chi connectivity index (χ2v) is 2.77. The quantitative estimate of drug-likeness (QED) is 0.780. The molecule has 4 heteroatoms. The van der Waals surface area contributed by atoms with E-state index in [0.717, 1.165) is 0 Å². The van der Waals surface area contributed by atoms with Gasteiger partial charge in [-0.2, -0.15) is 0 Å². The van der Waals surface area contributed by atoms with Crippen LogP contribution in [0.3, 0.4) is 0 Å². The minimum atomic E-state index is -1.08. The Hall–Kier alpha value is -1.29. The van der Waals surface area contributed by atoms with Crippen molar-refractivity contribution in [3.8, 4) is 11.5 Å². The molecule has 0 spiro atoms. The van der Waals surface area contributed by atoms with Crippen LogP contribution in [0.5, 0.6) is 11.5 Å². The van der Waals surface area contributed by atoms with Gasteiger partial charge in [0.15, 0.2) is 11.5 Å². The summed E-state index contributed by atoms with van der Waals surface area (Å²) in [6.45, 7) is -0.883. The number of halogens is 1. The Balaban J connectivity index is 2.57. The van der Waals surface area contributed by atoms with Crippen LogP contribution in [-0.2, 0) is 0 Å². The average molecular weight is 200 g/mol. The largest absolute Gasteiger partial charge is 0.493 e. The fraction of sp³-hybridized carbons (Fsp3) is 0.400. The summed E-state index contributed by atoms with van der Waals surface area (Å²) in [6, 6.07) is 7.01. The normalized spacial score (nSPS) is 12.2. The van der Waals surface area contributed by atoms with Crippen LogP contribution < -0.4 is 9.47 Å². The molecule has 0 fully saturated rings. The molecule has 1 atom stereocenters. The van der Waals surface area contributed by atoms with Crippen LogP contribution in [0, 0.1) is 0 Å². The lowest BCUT2D eigenvalue weighted by molar-refractivity contribution is 0.0829. The van der Waals surface area contributed by atoms with Crippen molar-refractivity contribution in [2.75, 3.05) is 20.4 Å². The number of hydrogen-bond donors (Lipinski definition) is 1. The highest BCUT2D eigenvalue weighted by atomic mass is 19.1. The molecule has 0 saturated heterocycles. The average Bonchev–Trinajstić information content (AvgIpc) is 2.26. The summed E-state index contributed by atoms with van der Waals surface area (Å²) in [6.07, 6.45) is -1.08. The molecule has 1 rings (SSSR count). The Morgan fingerprint density at radius 3 is 2.57 bits per heavy atom. The number of rotatable bonds is 5. The summed E-state index contributed by atoms with van der Waals surface area (Å²) in [5.41, 5.74) is 0. The molecule has 0 aliphatic carbocycles. The number of aliphatic hydroxyl groups is 1. The fourth-order valence-corrected chi connectivity index (χ4v) is 0.969. The van der Waals surface area contributed by atoms with E-state index in [1.54, 1.807) is 24.3 Å². The van der Waals surface area contributed by atoms with E-state index in [4.69, 9.17) is 14.6 Å². The van der Waals surface area contributed by atoms with Crippen molar-refractivity contribution in [1.82, 2.24) is 0 Å². The van der Waals surface area contributed by atoms with Crippen molar-refractivity contribution >= 4 is 0 Å². The molecule has 1 N–H and O–H groups in total. The molecular formula is C10H13FO3. The van der Waals surface area contributed by atoms with E-state index in [-0.39, 0.29) is 6.61 Å². The van der Waals surface area contributed by atoms with Gasteiger partial charge in [-0.1, -0.05) is 12.1 Å². The Morgan fingerprint density at radius 1 is 1.36 bits per heavy atom. The van der Waals surface area contributed by atoms with Crippen LogP contribution in [0.2, 0.25) is 0 Å². The minimum absolute atomic E-state index is 0.0725. The molecule has 0 bridgehead atoms. The van der Waals surface area contributed by atoms with E-state index in [9.17, 15) is 4.39 Å². The number of alkyl halides is 1. The van der Waals surface area contributed by atoms with Crippen molar-refractivity contribution < 1.29 is 19.0 Å². The Morgan fingerprint density at radius 2 is 2.00 bits per heavy atom. The molecule has 0 heterocycles. The number of para-hydroxylation sites is 2. The zero-order chi connectivity index (χ0) is 10.4. The lowest BCUT2D eigenvalue weighted by Crippen LogP contribution is -2.19. The lowest BCUT2D eigenvalue weighted by Gasteiger charge is -2.11. The van der Waals surface area contributed by atoms with E-state index >= 15 is 0 Å². The molecular weight excluding hydrogens is 187 g/mol. The molecule has 0 unspecified atom stereocenters. The molecule has 14 heavy (non-hydrogen) atoms. The van der Waals surface area contributed by atoms with E-state index in [2.05, 4.69) is 0 Å². The first kappa shape index (κ1) is 10.8. The highest BCUT2D eigenvalue weighted by molar-refractivity contribution is 5.39. The second kappa shape index (κ2) is 5.44. The standard InChI is InChI=1S/C10H13FO3/c1-13-9-4-2-3-5-10(9)14-7-8(12)6-11/h2-5,8,12H,6-7H2,1H3/t8-/m1/s1. The van der Waals surface area contributed by atoms with Crippen molar-refractivity contribution in [2.45, 2.75) is 6.10 Å². The van der Waals surface area contributed by atoms with E-state index in [1.807, 2.05) is 0 Å². The van der Waals surface area contributed by atoms with Gasteiger partial charge in [-0.3, -0.25) is 0 Å². The first-order valence-corrected chi connectivity index (χ1v) is 4.27. The van der Waals surface area contributed by atoms with Crippen molar-refractivity contribution in [3.05, 3.63) is 24.3 Å². The Labute approximate surface area is 82.1 Å². The zero-order valence-corrected chi connectivity index (χ0v) is 7.94.